The average Bonchev–Trinajstić information content (AvgIpc) is 2.40. The number of alkyl halides is 1. The zero-order valence-corrected chi connectivity index (χ0v) is 14.2. The highest BCUT2D eigenvalue weighted by Gasteiger charge is 2.05. The van der Waals surface area contributed by atoms with Crippen LogP contribution >= 0.6 is 31.9 Å². The Kier molecular flexibility index (Phi) is 5.06. The van der Waals surface area contributed by atoms with Crippen LogP contribution in [0.1, 0.15) is 22.3 Å². The second-order valence-electron chi connectivity index (χ2n) is 4.60. The van der Waals surface area contributed by atoms with Crippen molar-refractivity contribution in [3.63, 3.8) is 0 Å². The van der Waals surface area contributed by atoms with E-state index in [1.54, 1.807) is 0 Å². The fourth-order valence-electron chi connectivity index (χ4n) is 1.88. The summed E-state index contributed by atoms with van der Waals surface area (Å²) in [4.78, 5) is 0. The molecule has 1 nitrogen and oxygen atoms in total. The van der Waals surface area contributed by atoms with Crippen molar-refractivity contribution in [3.05, 3.63) is 63.1 Å². The van der Waals surface area contributed by atoms with Crippen LogP contribution in [0, 0.1) is 13.8 Å². The SMILES string of the molecule is Cc1ccc(C)c(OCc2cc(Br)ccc2CBr)c1. The number of ether oxygens (including phenoxy) is 1. The monoisotopic (exact) mass is 382 g/mol. The Bertz CT molecular complexity index is 579. The molecule has 0 aliphatic rings. The average molecular weight is 384 g/mol. The van der Waals surface area contributed by atoms with Gasteiger partial charge in [-0.25, -0.2) is 0 Å². The third-order valence-electron chi connectivity index (χ3n) is 3.04. The van der Waals surface area contributed by atoms with E-state index in [2.05, 4.69) is 82.1 Å². The molecule has 2 rings (SSSR count). The summed E-state index contributed by atoms with van der Waals surface area (Å²) in [7, 11) is 0. The first-order valence-electron chi connectivity index (χ1n) is 6.13. The van der Waals surface area contributed by atoms with Gasteiger partial charge in [-0.1, -0.05) is 50.1 Å². The molecular formula is C16H16Br2O. The molecule has 0 saturated carbocycles. The van der Waals surface area contributed by atoms with Crippen LogP contribution in [0.3, 0.4) is 0 Å². The van der Waals surface area contributed by atoms with Gasteiger partial charge in [0.05, 0.1) is 0 Å². The van der Waals surface area contributed by atoms with Crippen molar-refractivity contribution < 1.29 is 4.74 Å². The fraction of sp³-hybridized carbons (Fsp3) is 0.250. The van der Waals surface area contributed by atoms with E-state index >= 15 is 0 Å². The van der Waals surface area contributed by atoms with Crippen LogP contribution in [0.15, 0.2) is 40.9 Å². The van der Waals surface area contributed by atoms with Gasteiger partial charge >= 0.3 is 0 Å². The molecule has 0 aliphatic carbocycles. The second kappa shape index (κ2) is 6.58. The minimum absolute atomic E-state index is 0.588. The predicted octanol–water partition coefficient (Wildman–Crippen LogP) is 5.54. The molecule has 0 amide bonds. The van der Waals surface area contributed by atoms with Crippen LogP contribution in [-0.4, -0.2) is 0 Å². The predicted molar refractivity (Wildman–Crippen MR) is 87.0 cm³/mol. The molecule has 0 spiro atoms. The highest BCUT2D eigenvalue weighted by molar-refractivity contribution is 9.10. The van der Waals surface area contributed by atoms with Crippen molar-refractivity contribution in [2.45, 2.75) is 25.8 Å². The molecule has 0 heterocycles. The maximum absolute atomic E-state index is 5.96. The minimum atomic E-state index is 0.588. The van der Waals surface area contributed by atoms with Crippen molar-refractivity contribution in [1.29, 1.82) is 0 Å². The third kappa shape index (κ3) is 3.83. The molecule has 0 fully saturated rings. The number of hydrogen-bond acceptors (Lipinski definition) is 1. The lowest BCUT2D eigenvalue weighted by atomic mass is 10.1. The summed E-state index contributed by atoms with van der Waals surface area (Å²) in [5, 5.41) is 0.839. The molecule has 0 aliphatic heterocycles. The van der Waals surface area contributed by atoms with Crippen LogP contribution in [0.2, 0.25) is 0 Å². The van der Waals surface area contributed by atoms with Gasteiger partial charge in [0.25, 0.3) is 0 Å². The lowest BCUT2D eigenvalue weighted by molar-refractivity contribution is 0.303. The number of halogens is 2. The highest BCUT2D eigenvalue weighted by Crippen LogP contribution is 2.23. The summed E-state index contributed by atoms with van der Waals surface area (Å²) in [5.74, 6) is 0.959. The number of rotatable bonds is 4. The van der Waals surface area contributed by atoms with Gasteiger partial charge in [0.2, 0.25) is 0 Å². The third-order valence-corrected chi connectivity index (χ3v) is 4.14. The molecule has 0 aromatic heterocycles. The van der Waals surface area contributed by atoms with Gasteiger partial charge in [0.15, 0.2) is 0 Å². The Morgan fingerprint density at radius 3 is 2.53 bits per heavy atom. The van der Waals surface area contributed by atoms with Crippen molar-refractivity contribution >= 4 is 31.9 Å². The highest BCUT2D eigenvalue weighted by atomic mass is 79.9. The van der Waals surface area contributed by atoms with Crippen molar-refractivity contribution in [2.24, 2.45) is 0 Å². The van der Waals surface area contributed by atoms with E-state index < -0.39 is 0 Å². The molecule has 0 saturated heterocycles. The lowest BCUT2D eigenvalue weighted by Gasteiger charge is -2.12. The Morgan fingerprint density at radius 1 is 1.00 bits per heavy atom. The molecule has 2 aromatic rings. The first kappa shape index (κ1) is 14.6. The van der Waals surface area contributed by atoms with E-state index in [4.69, 9.17) is 4.74 Å². The first-order chi connectivity index (χ1) is 9.10. The molecule has 0 atom stereocenters. The van der Waals surface area contributed by atoms with Gasteiger partial charge in [0.1, 0.15) is 12.4 Å². The molecule has 0 unspecified atom stereocenters. The summed E-state index contributed by atoms with van der Waals surface area (Å²) in [5.41, 5.74) is 4.84. The zero-order valence-electron chi connectivity index (χ0n) is 11.0. The van der Waals surface area contributed by atoms with Gasteiger partial charge in [-0.3, -0.25) is 0 Å². The van der Waals surface area contributed by atoms with Gasteiger partial charge in [-0.05, 0) is 54.3 Å². The molecule has 0 N–H and O–H groups in total. The van der Waals surface area contributed by atoms with Crippen LogP contribution in [0.4, 0.5) is 0 Å². The Balaban J connectivity index is 2.18. The van der Waals surface area contributed by atoms with Gasteiger partial charge < -0.3 is 4.74 Å². The van der Waals surface area contributed by atoms with E-state index in [0.717, 1.165) is 15.6 Å². The minimum Gasteiger partial charge on any atom is -0.489 e. The number of aryl methyl sites for hydroxylation is 2. The standard InChI is InChI=1S/C16H16Br2O/c1-11-3-4-12(2)16(7-11)19-10-14-8-15(18)6-5-13(14)9-17/h3-8H,9-10H2,1-2H3. The van der Waals surface area contributed by atoms with E-state index in [0.29, 0.717) is 6.61 Å². The first-order valence-corrected chi connectivity index (χ1v) is 8.05. The lowest BCUT2D eigenvalue weighted by Crippen LogP contribution is -2.00. The van der Waals surface area contributed by atoms with Crippen LogP contribution < -0.4 is 4.74 Å². The Hall–Kier alpha value is -0.800. The van der Waals surface area contributed by atoms with Gasteiger partial charge in [-0.2, -0.15) is 0 Å². The van der Waals surface area contributed by atoms with Crippen LogP contribution in [-0.2, 0) is 11.9 Å². The maximum atomic E-state index is 5.96. The smallest absolute Gasteiger partial charge is 0.122 e. The normalized spacial score (nSPS) is 10.5. The van der Waals surface area contributed by atoms with Gasteiger partial charge in [0, 0.05) is 9.80 Å². The summed E-state index contributed by atoms with van der Waals surface area (Å²) >= 11 is 7.02. The van der Waals surface area contributed by atoms with Crippen LogP contribution in [0.5, 0.6) is 5.75 Å². The zero-order chi connectivity index (χ0) is 13.8. The molecule has 3 heteroatoms. The van der Waals surface area contributed by atoms with Crippen molar-refractivity contribution in [2.75, 3.05) is 0 Å². The number of benzene rings is 2. The second-order valence-corrected chi connectivity index (χ2v) is 6.08. The summed E-state index contributed by atoms with van der Waals surface area (Å²) in [6.07, 6.45) is 0. The fourth-order valence-corrected chi connectivity index (χ4v) is 2.83. The van der Waals surface area contributed by atoms with E-state index in [-0.39, 0.29) is 0 Å². The number of hydrogen-bond donors (Lipinski definition) is 0. The largest absolute Gasteiger partial charge is 0.489 e. The molecule has 100 valence electrons. The molecule has 2 aromatic carbocycles. The molecular weight excluding hydrogens is 368 g/mol. The van der Waals surface area contributed by atoms with E-state index in [9.17, 15) is 0 Å². The Labute approximate surface area is 131 Å². The summed E-state index contributed by atoms with van der Waals surface area (Å²) in [6.45, 7) is 4.74. The van der Waals surface area contributed by atoms with Crippen LogP contribution in [0.25, 0.3) is 0 Å². The summed E-state index contributed by atoms with van der Waals surface area (Å²) in [6, 6.07) is 12.6. The molecule has 0 bridgehead atoms. The quantitative estimate of drug-likeness (QED) is 0.629. The van der Waals surface area contributed by atoms with Gasteiger partial charge in [-0.15, -0.1) is 0 Å². The topological polar surface area (TPSA) is 9.23 Å². The van der Waals surface area contributed by atoms with E-state index in [1.165, 1.54) is 22.3 Å². The van der Waals surface area contributed by atoms with Crippen molar-refractivity contribution in [3.8, 4) is 5.75 Å². The Morgan fingerprint density at radius 2 is 1.79 bits per heavy atom. The maximum Gasteiger partial charge on any atom is 0.122 e. The summed E-state index contributed by atoms with van der Waals surface area (Å²) < 4.78 is 7.04. The van der Waals surface area contributed by atoms with Crippen molar-refractivity contribution in [1.82, 2.24) is 0 Å². The molecule has 19 heavy (non-hydrogen) atoms. The van der Waals surface area contributed by atoms with E-state index in [1.807, 2.05) is 0 Å². The molecule has 0 radical (unpaired) electrons.